The van der Waals surface area contributed by atoms with Gasteiger partial charge in [-0.2, -0.15) is 0 Å². The first kappa shape index (κ1) is 25.9. The zero-order valence-corrected chi connectivity index (χ0v) is 20.3. The number of carbonyl (C=O) groups is 3. The van der Waals surface area contributed by atoms with E-state index in [-0.39, 0.29) is 29.4 Å². The standard InChI is InChI=1S/C27H27F2N5O3/c1-2-20(17-6-4-3-5-7-17)27(37)34-14-10-19(11-15-34)32-26(36)23-24(31-13-12-30-23)33-25(35)21-9-8-18(28)16-22(21)29/h3-9,12-13,16,19-20H,2,10-11,14-15H2,1H3,(H,32,36)(H,31,33,35). The van der Waals surface area contributed by atoms with Crippen LogP contribution >= 0.6 is 0 Å². The van der Waals surface area contributed by atoms with E-state index in [1.165, 1.54) is 12.4 Å². The zero-order chi connectivity index (χ0) is 26.4. The van der Waals surface area contributed by atoms with Gasteiger partial charge in [0.25, 0.3) is 11.8 Å². The molecule has 1 aliphatic rings. The lowest BCUT2D eigenvalue weighted by Gasteiger charge is -2.34. The number of aromatic nitrogens is 2. The van der Waals surface area contributed by atoms with Crippen LogP contribution in [0.25, 0.3) is 0 Å². The average Bonchev–Trinajstić information content (AvgIpc) is 2.90. The van der Waals surface area contributed by atoms with Crippen molar-refractivity contribution in [1.29, 1.82) is 0 Å². The highest BCUT2D eigenvalue weighted by Gasteiger charge is 2.29. The number of halogens is 2. The Hall–Kier alpha value is -4.21. The molecule has 1 aromatic heterocycles. The summed E-state index contributed by atoms with van der Waals surface area (Å²) in [6.07, 6.45) is 4.41. The Bertz CT molecular complexity index is 1280. The summed E-state index contributed by atoms with van der Waals surface area (Å²) < 4.78 is 27.2. The van der Waals surface area contributed by atoms with Gasteiger partial charge in [-0.3, -0.25) is 14.4 Å². The Morgan fingerprint density at radius 3 is 2.38 bits per heavy atom. The molecule has 1 saturated heterocycles. The third-order valence-corrected chi connectivity index (χ3v) is 6.37. The summed E-state index contributed by atoms with van der Waals surface area (Å²) in [6.45, 7) is 2.99. The summed E-state index contributed by atoms with van der Waals surface area (Å²) >= 11 is 0. The smallest absolute Gasteiger partial charge is 0.273 e. The molecule has 192 valence electrons. The molecule has 3 amide bonds. The number of benzene rings is 2. The van der Waals surface area contributed by atoms with Crippen molar-refractivity contribution in [3.05, 3.63) is 89.4 Å². The van der Waals surface area contributed by atoms with Gasteiger partial charge in [-0.25, -0.2) is 18.7 Å². The highest BCUT2D eigenvalue weighted by molar-refractivity contribution is 6.07. The number of hydrogen-bond acceptors (Lipinski definition) is 5. The van der Waals surface area contributed by atoms with Gasteiger partial charge < -0.3 is 15.5 Å². The van der Waals surface area contributed by atoms with Gasteiger partial charge in [-0.05, 0) is 37.0 Å². The van der Waals surface area contributed by atoms with Crippen LogP contribution in [0.1, 0.15) is 58.5 Å². The molecule has 1 fully saturated rings. The Morgan fingerprint density at radius 1 is 1.00 bits per heavy atom. The molecule has 1 unspecified atom stereocenters. The predicted octanol–water partition coefficient (Wildman–Crippen LogP) is 3.92. The van der Waals surface area contributed by atoms with Crippen LogP contribution in [-0.4, -0.2) is 51.7 Å². The van der Waals surface area contributed by atoms with Crippen molar-refractivity contribution in [1.82, 2.24) is 20.2 Å². The van der Waals surface area contributed by atoms with Crippen LogP contribution in [0.2, 0.25) is 0 Å². The Balaban J connectivity index is 1.36. The fraction of sp³-hybridized carbons (Fsp3) is 0.296. The molecule has 2 N–H and O–H groups in total. The summed E-state index contributed by atoms with van der Waals surface area (Å²) in [4.78, 5) is 48.4. The number of nitrogens with zero attached hydrogens (tertiary/aromatic N) is 3. The number of piperidine rings is 1. The normalized spacial score (nSPS) is 14.6. The summed E-state index contributed by atoms with van der Waals surface area (Å²) in [7, 11) is 0. The first-order chi connectivity index (χ1) is 17.9. The first-order valence-electron chi connectivity index (χ1n) is 12.1. The molecule has 4 rings (SSSR count). The molecule has 37 heavy (non-hydrogen) atoms. The molecule has 3 aromatic rings. The van der Waals surface area contributed by atoms with E-state index >= 15 is 0 Å². The summed E-state index contributed by atoms with van der Waals surface area (Å²) in [5.41, 5.74) is 0.464. The molecule has 1 atom stereocenters. The second-order valence-corrected chi connectivity index (χ2v) is 8.78. The average molecular weight is 508 g/mol. The van der Waals surface area contributed by atoms with Crippen LogP contribution in [0.4, 0.5) is 14.6 Å². The fourth-order valence-electron chi connectivity index (χ4n) is 4.40. The lowest BCUT2D eigenvalue weighted by molar-refractivity contribution is -0.134. The number of anilines is 1. The summed E-state index contributed by atoms with van der Waals surface area (Å²) in [5, 5.41) is 5.26. The third kappa shape index (κ3) is 6.14. The molecule has 2 heterocycles. The van der Waals surface area contributed by atoms with E-state index in [2.05, 4.69) is 20.6 Å². The minimum absolute atomic E-state index is 0.0745. The van der Waals surface area contributed by atoms with Gasteiger partial charge in [0.2, 0.25) is 5.91 Å². The van der Waals surface area contributed by atoms with Crippen molar-refractivity contribution >= 4 is 23.5 Å². The predicted molar refractivity (Wildman–Crippen MR) is 133 cm³/mol. The van der Waals surface area contributed by atoms with Gasteiger partial charge in [0.15, 0.2) is 11.5 Å². The van der Waals surface area contributed by atoms with Crippen LogP contribution in [0, 0.1) is 11.6 Å². The number of amides is 3. The largest absolute Gasteiger partial charge is 0.348 e. The second-order valence-electron chi connectivity index (χ2n) is 8.78. The topological polar surface area (TPSA) is 104 Å². The van der Waals surface area contributed by atoms with E-state index in [1.54, 1.807) is 0 Å². The van der Waals surface area contributed by atoms with E-state index in [0.717, 1.165) is 17.7 Å². The maximum absolute atomic E-state index is 14.0. The highest BCUT2D eigenvalue weighted by atomic mass is 19.1. The molecule has 8 nitrogen and oxygen atoms in total. The minimum atomic E-state index is -1.04. The fourth-order valence-corrected chi connectivity index (χ4v) is 4.40. The zero-order valence-electron chi connectivity index (χ0n) is 20.3. The van der Waals surface area contributed by atoms with Crippen LogP contribution in [0.5, 0.6) is 0 Å². The molecular weight excluding hydrogens is 480 g/mol. The number of nitrogens with one attached hydrogen (secondary N) is 2. The first-order valence-corrected chi connectivity index (χ1v) is 12.1. The molecule has 1 aliphatic heterocycles. The van der Waals surface area contributed by atoms with Gasteiger partial charge in [-0.1, -0.05) is 37.3 Å². The van der Waals surface area contributed by atoms with E-state index in [0.29, 0.717) is 38.4 Å². The monoisotopic (exact) mass is 507 g/mol. The van der Waals surface area contributed by atoms with E-state index in [4.69, 9.17) is 0 Å². The van der Waals surface area contributed by atoms with E-state index in [9.17, 15) is 23.2 Å². The number of rotatable bonds is 7. The second kappa shape index (κ2) is 11.7. The number of carbonyl (C=O) groups excluding carboxylic acids is 3. The molecule has 0 spiro atoms. The molecule has 0 aliphatic carbocycles. The molecule has 2 aromatic carbocycles. The Kier molecular flexibility index (Phi) is 8.17. The Morgan fingerprint density at radius 2 is 1.70 bits per heavy atom. The molecule has 10 heteroatoms. The van der Waals surface area contributed by atoms with Crippen molar-refractivity contribution < 1.29 is 23.2 Å². The molecule has 0 radical (unpaired) electrons. The van der Waals surface area contributed by atoms with Crippen molar-refractivity contribution in [3.8, 4) is 0 Å². The maximum Gasteiger partial charge on any atom is 0.273 e. The maximum atomic E-state index is 14.0. The quantitative estimate of drug-likeness (QED) is 0.505. The Labute approximate surface area is 213 Å². The van der Waals surface area contributed by atoms with Crippen LogP contribution in [-0.2, 0) is 4.79 Å². The minimum Gasteiger partial charge on any atom is -0.348 e. The van der Waals surface area contributed by atoms with Crippen molar-refractivity contribution in [2.75, 3.05) is 18.4 Å². The SMILES string of the molecule is CCC(C(=O)N1CCC(NC(=O)c2nccnc2NC(=O)c2ccc(F)cc2F)CC1)c1ccccc1. The van der Waals surface area contributed by atoms with Crippen LogP contribution in [0.15, 0.2) is 60.9 Å². The van der Waals surface area contributed by atoms with Crippen LogP contribution < -0.4 is 10.6 Å². The molecule has 0 saturated carbocycles. The summed E-state index contributed by atoms with van der Waals surface area (Å²) in [5.74, 6) is -3.56. The highest BCUT2D eigenvalue weighted by Crippen LogP contribution is 2.24. The van der Waals surface area contributed by atoms with Crippen molar-refractivity contribution in [3.63, 3.8) is 0 Å². The van der Waals surface area contributed by atoms with E-state index < -0.39 is 29.0 Å². The van der Waals surface area contributed by atoms with E-state index in [1.807, 2.05) is 42.2 Å². The number of likely N-dealkylation sites (tertiary alicyclic amines) is 1. The molecular formula is C27H27F2N5O3. The lowest BCUT2D eigenvalue weighted by atomic mass is 9.93. The molecule has 0 bridgehead atoms. The number of hydrogen-bond donors (Lipinski definition) is 2. The van der Waals surface area contributed by atoms with Crippen LogP contribution in [0.3, 0.4) is 0 Å². The third-order valence-electron chi connectivity index (χ3n) is 6.37. The van der Waals surface area contributed by atoms with Crippen molar-refractivity contribution in [2.24, 2.45) is 0 Å². The van der Waals surface area contributed by atoms with Gasteiger partial charge in [0, 0.05) is 37.6 Å². The van der Waals surface area contributed by atoms with Gasteiger partial charge in [0.1, 0.15) is 11.6 Å². The van der Waals surface area contributed by atoms with Gasteiger partial charge in [0.05, 0.1) is 11.5 Å². The summed E-state index contributed by atoms with van der Waals surface area (Å²) in [6, 6.07) is 12.0. The lowest BCUT2D eigenvalue weighted by Crippen LogP contribution is -2.48. The van der Waals surface area contributed by atoms with Crippen molar-refractivity contribution in [2.45, 2.75) is 38.1 Å². The van der Waals surface area contributed by atoms with Gasteiger partial charge >= 0.3 is 0 Å². The van der Waals surface area contributed by atoms with Gasteiger partial charge in [-0.15, -0.1) is 0 Å².